The first-order valence-electron chi connectivity index (χ1n) is 9.33. The fourth-order valence-corrected chi connectivity index (χ4v) is 6.49. The maximum absolute atomic E-state index is 13.3. The molecule has 6 nitrogen and oxygen atoms in total. The highest BCUT2D eigenvalue weighted by Crippen LogP contribution is 2.55. The van der Waals surface area contributed by atoms with Gasteiger partial charge in [0, 0.05) is 13.1 Å². The Balaban J connectivity index is 1.47. The van der Waals surface area contributed by atoms with E-state index in [9.17, 15) is 21.6 Å². The largest absolute Gasteiger partial charge is 0.573 e. The topological polar surface area (TPSA) is 72.4 Å². The molecule has 0 atom stereocenters. The molecule has 0 radical (unpaired) electrons. The SMILES string of the molecule is O=S(=O)(c1ccc(OC(F)(F)F)cc1)C1(C2CCN(c3ccnnc3)CC2)CC1. The summed E-state index contributed by atoms with van der Waals surface area (Å²) in [5.74, 6) is -0.412. The third kappa shape index (κ3) is 3.90. The van der Waals surface area contributed by atoms with Crippen LogP contribution in [0.1, 0.15) is 25.7 Å². The molecular formula is C19H20F3N3O3S. The molecule has 1 aliphatic heterocycles. The van der Waals surface area contributed by atoms with Crippen molar-refractivity contribution in [3.8, 4) is 5.75 Å². The van der Waals surface area contributed by atoms with E-state index in [1.807, 2.05) is 6.07 Å². The molecule has 2 aliphatic rings. The van der Waals surface area contributed by atoms with E-state index in [-0.39, 0.29) is 10.8 Å². The number of hydrogen-bond donors (Lipinski definition) is 0. The van der Waals surface area contributed by atoms with Crippen LogP contribution in [0.4, 0.5) is 18.9 Å². The Morgan fingerprint density at radius 2 is 1.69 bits per heavy atom. The normalized spacial score (nSPS) is 19.8. The zero-order valence-electron chi connectivity index (χ0n) is 15.5. The lowest BCUT2D eigenvalue weighted by atomic mass is 9.91. The number of halogens is 3. The van der Waals surface area contributed by atoms with E-state index < -0.39 is 26.7 Å². The van der Waals surface area contributed by atoms with Crippen LogP contribution in [0.15, 0.2) is 47.6 Å². The van der Waals surface area contributed by atoms with Gasteiger partial charge >= 0.3 is 6.36 Å². The summed E-state index contributed by atoms with van der Waals surface area (Å²) < 4.78 is 66.5. The van der Waals surface area contributed by atoms with Crippen molar-refractivity contribution in [1.82, 2.24) is 10.2 Å². The predicted molar refractivity (Wildman–Crippen MR) is 99.2 cm³/mol. The standard InChI is InChI=1S/C19H20F3N3O3S/c20-19(21,22)28-16-1-3-17(4-2-16)29(26,27)18(8-9-18)14-6-11-25(12-7-14)15-5-10-23-24-13-15/h1-5,10,13-14H,6-9,11-12H2. The van der Waals surface area contributed by atoms with E-state index in [0.717, 1.165) is 43.8 Å². The van der Waals surface area contributed by atoms with Crippen LogP contribution in [0.5, 0.6) is 5.75 Å². The molecule has 4 rings (SSSR count). The van der Waals surface area contributed by atoms with Crippen molar-refractivity contribution >= 4 is 15.5 Å². The van der Waals surface area contributed by atoms with Crippen LogP contribution in [0, 0.1) is 5.92 Å². The second-order valence-corrected chi connectivity index (χ2v) is 9.74. The van der Waals surface area contributed by atoms with Gasteiger partial charge in [0.1, 0.15) is 5.75 Å². The number of aromatic nitrogens is 2. The van der Waals surface area contributed by atoms with Crippen molar-refractivity contribution in [2.24, 2.45) is 5.92 Å². The van der Waals surface area contributed by atoms with Gasteiger partial charge < -0.3 is 9.64 Å². The van der Waals surface area contributed by atoms with E-state index in [2.05, 4.69) is 19.8 Å². The zero-order valence-corrected chi connectivity index (χ0v) is 16.3. The minimum atomic E-state index is -4.81. The Hall–Kier alpha value is -2.36. The third-order valence-corrected chi connectivity index (χ3v) is 8.52. The first-order valence-corrected chi connectivity index (χ1v) is 10.8. The number of ether oxygens (including phenoxy) is 1. The van der Waals surface area contributed by atoms with Crippen molar-refractivity contribution < 1.29 is 26.3 Å². The Bertz CT molecular complexity index is 954. The second-order valence-electron chi connectivity index (χ2n) is 7.45. The minimum absolute atomic E-state index is 0.0182. The Morgan fingerprint density at radius 1 is 1.03 bits per heavy atom. The first-order chi connectivity index (χ1) is 13.7. The van der Waals surface area contributed by atoms with Gasteiger partial charge in [-0.15, -0.1) is 13.2 Å². The molecular weight excluding hydrogens is 407 g/mol. The third-order valence-electron chi connectivity index (χ3n) is 5.82. The lowest BCUT2D eigenvalue weighted by Crippen LogP contribution is -2.42. The van der Waals surface area contributed by atoms with Crippen LogP contribution in [0.25, 0.3) is 0 Å². The molecule has 1 saturated carbocycles. The Morgan fingerprint density at radius 3 is 2.21 bits per heavy atom. The summed E-state index contributed by atoms with van der Waals surface area (Å²) in [6.45, 7) is 1.46. The van der Waals surface area contributed by atoms with E-state index in [0.29, 0.717) is 12.8 Å². The number of alkyl halides is 3. The molecule has 0 unspecified atom stereocenters. The summed E-state index contributed by atoms with van der Waals surface area (Å²) in [6.07, 6.45) is 1.13. The molecule has 156 valence electrons. The van der Waals surface area contributed by atoms with Crippen molar-refractivity contribution in [2.45, 2.75) is 41.7 Å². The number of anilines is 1. The maximum atomic E-state index is 13.3. The molecule has 0 N–H and O–H groups in total. The molecule has 29 heavy (non-hydrogen) atoms. The fraction of sp³-hybridized carbons (Fsp3) is 0.474. The second kappa shape index (κ2) is 7.16. The molecule has 1 aromatic heterocycles. The number of nitrogens with zero attached hydrogens (tertiary/aromatic N) is 3. The van der Waals surface area contributed by atoms with E-state index in [4.69, 9.17) is 0 Å². The highest BCUT2D eigenvalue weighted by molar-refractivity contribution is 7.93. The average Bonchev–Trinajstić information content (AvgIpc) is 3.51. The van der Waals surface area contributed by atoms with Crippen molar-refractivity contribution in [3.63, 3.8) is 0 Å². The van der Waals surface area contributed by atoms with Gasteiger partial charge in [-0.05, 0) is 61.9 Å². The van der Waals surface area contributed by atoms with Gasteiger partial charge in [-0.3, -0.25) is 0 Å². The summed E-state index contributed by atoms with van der Waals surface area (Å²) in [4.78, 5) is 2.21. The van der Waals surface area contributed by atoms with E-state index in [1.165, 1.54) is 12.1 Å². The molecule has 1 aliphatic carbocycles. The molecule has 1 saturated heterocycles. The number of rotatable bonds is 5. The van der Waals surface area contributed by atoms with Gasteiger partial charge in [-0.2, -0.15) is 10.2 Å². The van der Waals surface area contributed by atoms with Crippen LogP contribution < -0.4 is 9.64 Å². The number of hydrogen-bond acceptors (Lipinski definition) is 6. The van der Waals surface area contributed by atoms with Crippen LogP contribution >= 0.6 is 0 Å². The lowest BCUT2D eigenvalue weighted by molar-refractivity contribution is -0.274. The Labute approximate surface area is 166 Å². The van der Waals surface area contributed by atoms with Gasteiger partial charge in [0.2, 0.25) is 0 Å². The maximum Gasteiger partial charge on any atom is 0.573 e. The van der Waals surface area contributed by atoms with Crippen molar-refractivity contribution in [3.05, 3.63) is 42.7 Å². The highest BCUT2D eigenvalue weighted by atomic mass is 32.2. The van der Waals surface area contributed by atoms with Crippen LogP contribution in [0.2, 0.25) is 0 Å². The number of sulfone groups is 1. The Kier molecular flexibility index (Phi) is 4.92. The predicted octanol–water partition coefficient (Wildman–Crippen LogP) is 3.60. The van der Waals surface area contributed by atoms with Crippen LogP contribution in [-0.4, -0.2) is 42.8 Å². The molecule has 0 spiro atoms. The lowest BCUT2D eigenvalue weighted by Gasteiger charge is -2.37. The van der Waals surface area contributed by atoms with Gasteiger partial charge in [-0.1, -0.05) is 0 Å². The van der Waals surface area contributed by atoms with Gasteiger partial charge in [-0.25, -0.2) is 8.42 Å². The van der Waals surface area contributed by atoms with Gasteiger partial charge in [0.05, 0.1) is 27.7 Å². The van der Waals surface area contributed by atoms with Crippen molar-refractivity contribution in [2.75, 3.05) is 18.0 Å². The monoisotopic (exact) mass is 427 g/mol. The van der Waals surface area contributed by atoms with E-state index >= 15 is 0 Å². The van der Waals surface area contributed by atoms with Crippen molar-refractivity contribution in [1.29, 1.82) is 0 Å². The van der Waals surface area contributed by atoms with Crippen LogP contribution in [-0.2, 0) is 9.84 Å². The molecule has 0 amide bonds. The number of benzene rings is 1. The minimum Gasteiger partial charge on any atom is -0.406 e. The zero-order chi connectivity index (χ0) is 20.7. The summed E-state index contributed by atoms with van der Waals surface area (Å²) in [5, 5.41) is 7.65. The average molecular weight is 427 g/mol. The molecule has 0 bridgehead atoms. The summed E-state index contributed by atoms with van der Waals surface area (Å²) in [7, 11) is -3.65. The van der Waals surface area contributed by atoms with E-state index in [1.54, 1.807) is 12.4 Å². The highest BCUT2D eigenvalue weighted by Gasteiger charge is 2.59. The fourth-order valence-electron chi connectivity index (χ4n) is 4.21. The number of piperidine rings is 1. The summed E-state index contributed by atoms with van der Waals surface area (Å²) >= 11 is 0. The van der Waals surface area contributed by atoms with Crippen LogP contribution in [0.3, 0.4) is 0 Å². The molecule has 1 aromatic carbocycles. The molecule has 2 aromatic rings. The van der Waals surface area contributed by atoms with Gasteiger partial charge in [0.25, 0.3) is 0 Å². The summed E-state index contributed by atoms with van der Waals surface area (Å²) in [5.41, 5.74) is 0.964. The first kappa shape index (κ1) is 19.9. The summed E-state index contributed by atoms with van der Waals surface area (Å²) in [6, 6.07) is 6.38. The smallest absolute Gasteiger partial charge is 0.406 e. The molecule has 10 heteroatoms. The molecule has 2 fully saturated rings. The van der Waals surface area contributed by atoms with Gasteiger partial charge in [0.15, 0.2) is 9.84 Å². The quantitative estimate of drug-likeness (QED) is 0.726. The molecule has 2 heterocycles.